The van der Waals surface area contributed by atoms with Gasteiger partial charge in [-0.3, -0.25) is 18.6 Å². The van der Waals surface area contributed by atoms with Crippen LogP contribution in [0.1, 0.15) is 155 Å². The first-order valence-corrected chi connectivity index (χ1v) is 20.0. The Kier molecular flexibility index (Phi) is 32.8. The number of ether oxygens (including phenoxy) is 2. The number of unbranched alkanes of at least 4 members (excludes halogenated alkanes) is 15. The second-order valence-corrected chi connectivity index (χ2v) is 13.5. The van der Waals surface area contributed by atoms with Crippen molar-refractivity contribution in [3.63, 3.8) is 0 Å². The highest BCUT2D eigenvalue weighted by molar-refractivity contribution is 7.47. The van der Waals surface area contributed by atoms with Gasteiger partial charge in [0.15, 0.2) is 6.10 Å². The van der Waals surface area contributed by atoms with Gasteiger partial charge < -0.3 is 20.1 Å². The van der Waals surface area contributed by atoms with Crippen molar-refractivity contribution < 1.29 is 37.6 Å². The molecule has 10 heteroatoms. The largest absolute Gasteiger partial charge is 0.472 e. The van der Waals surface area contributed by atoms with Gasteiger partial charge in [0.2, 0.25) is 0 Å². The first-order chi connectivity index (χ1) is 22.8. The summed E-state index contributed by atoms with van der Waals surface area (Å²) in [6.07, 6.45) is 34.6. The summed E-state index contributed by atoms with van der Waals surface area (Å²) < 4.78 is 32.5. The quantitative estimate of drug-likeness (QED) is 0.0294. The van der Waals surface area contributed by atoms with Gasteiger partial charge >= 0.3 is 19.8 Å². The first kappa shape index (κ1) is 45.2. The predicted octanol–water partition coefficient (Wildman–Crippen LogP) is 9.82. The molecule has 0 bridgehead atoms. The zero-order valence-electron chi connectivity index (χ0n) is 29.8. The molecule has 0 heterocycles. The highest BCUT2D eigenvalue weighted by atomic mass is 31.2. The van der Waals surface area contributed by atoms with Crippen LogP contribution in [0.3, 0.4) is 0 Å². The molecular formula is C37H68NO8P. The first-order valence-electron chi connectivity index (χ1n) is 18.5. The molecule has 0 aromatic carbocycles. The Labute approximate surface area is 286 Å². The van der Waals surface area contributed by atoms with Gasteiger partial charge in [0.1, 0.15) is 6.61 Å². The van der Waals surface area contributed by atoms with Gasteiger partial charge in [0.05, 0.1) is 13.2 Å². The zero-order chi connectivity index (χ0) is 34.7. The smallest absolute Gasteiger partial charge is 0.462 e. The van der Waals surface area contributed by atoms with Crippen molar-refractivity contribution in [3.8, 4) is 0 Å². The lowest BCUT2D eigenvalue weighted by Crippen LogP contribution is -2.29. The van der Waals surface area contributed by atoms with E-state index in [0.29, 0.717) is 6.42 Å². The van der Waals surface area contributed by atoms with Crippen LogP contribution in [0.15, 0.2) is 36.5 Å². The fourth-order valence-corrected chi connectivity index (χ4v) is 5.52. The van der Waals surface area contributed by atoms with Gasteiger partial charge in [-0.05, 0) is 51.4 Å². The summed E-state index contributed by atoms with van der Waals surface area (Å²) in [5, 5.41) is 0. The summed E-state index contributed by atoms with van der Waals surface area (Å²) in [4.78, 5) is 34.6. The Bertz CT molecular complexity index is 876. The monoisotopic (exact) mass is 685 g/mol. The minimum atomic E-state index is -4.37. The van der Waals surface area contributed by atoms with Crippen LogP contribution < -0.4 is 5.73 Å². The number of rotatable bonds is 34. The van der Waals surface area contributed by atoms with Crippen LogP contribution in [-0.2, 0) is 32.7 Å². The van der Waals surface area contributed by atoms with Crippen LogP contribution in [0.5, 0.6) is 0 Å². The molecule has 1 unspecified atom stereocenters. The topological polar surface area (TPSA) is 134 Å². The molecule has 3 N–H and O–H groups in total. The van der Waals surface area contributed by atoms with E-state index in [1.807, 2.05) is 0 Å². The SMILES string of the molecule is CCCCC/C=C/C/C=C/C/C=C/CCCCCCC(=O)O[C@H](COC(=O)CCCCCCCCCCC)COP(=O)(O)OCCN. The van der Waals surface area contributed by atoms with Gasteiger partial charge in [-0.1, -0.05) is 127 Å². The lowest BCUT2D eigenvalue weighted by atomic mass is 10.1. The molecule has 0 fully saturated rings. The van der Waals surface area contributed by atoms with Crippen molar-refractivity contribution in [2.75, 3.05) is 26.4 Å². The molecule has 0 aromatic heterocycles. The van der Waals surface area contributed by atoms with Gasteiger partial charge in [-0.2, -0.15) is 0 Å². The molecule has 0 radical (unpaired) electrons. The highest BCUT2D eigenvalue weighted by Crippen LogP contribution is 2.43. The van der Waals surface area contributed by atoms with E-state index < -0.39 is 32.5 Å². The molecule has 0 aromatic rings. The maximum atomic E-state index is 12.5. The molecule has 0 amide bonds. The van der Waals surface area contributed by atoms with Crippen molar-refractivity contribution in [3.05, 3.63) is 36.5 Å². The van der Waals surface area contributed by atoms with E-state index in [2.05, 4.69) is 50.3 Å². The molecule has 0 saturated heterocycles. The number of phosphoric acid groups is 1. The van der Waals surface area contributed by atoms with E-state index in [1.54, 1.807) is 0 Å². The maximum absolute atomic E-state index is 12.5. The van der Waals surface area contributed by atoms with Gasteiger partial charge in [0.25, 0.3) is 0 Å². The number of hydrogen-bond donors (Lipinski definition) is 2. The molecule has 47 heavy (non-hydrogen) atoms. The van der Waals surface area contributed by atoms with E-state index in [-0.39, 0.29) is 32.6 Å². The molecule has 0 aliphatic heterocycles. The lowest BCUT2D eigenvalue weighted by molar-refractivity contribution is -0.161. The highest BCUT2D eigenvalue weighted by Gasteiger charge is 2.25. The number of phosphoric ester groups is 1. The van der Waals surface area contributed by atoms with Crippen LogP contribution in [0.2, 0.25) is 0 Å². The number of nitrogens with two attached hydrogens (primary N) is 1. The summed E-state index contributed by atoms with van der Waals surface area (Å²) >= 11 is 0. The maximum Gasteiger partial charge on any atom is 0.472 e. The fourth-order valence-electron chi connectivity index (χ4n) is 4.76. The number of carbonyl (C=O) groups is 2. The van der Waals surface area contributed by atoms with Crippen molar-refractivity contribution >= 4 is 19.8 Å². The molecule has 0 aliphatic rings. The Morgan fingerprint density at radius 1 is 0.638 bits per heavy atom. The van der Waals surface area contributed by atoms with Crippen LogP contribution in [0, 0.1) is 0 Å². The van der Waals surface area contributed by atoms with Crippen molar-refractivity contribution in [1.82, 2.24) is 0 Å². The summed E-state index contributed by atoms with van der Waals surface area (Å²) in [6, 6.07) is 0. The molecule has 0 spiro atoms. The normalized spacial score (nSPS) is 13.9. The Balaban J connectivity index is 4.27. The second kappa shape index (κ2) is 34.1. The summed E-state index contributed by atoms with van der Waals surface area (Å²) in [7, 11) is -4.37. The Morgan fingerprint density at radius 2 is 1.11 bits per heavy atom. The Morgan fingerprint density at radius 3 is 1.68 bits per heavy atom. The summed E-state index contributed by atoms with van der Waals surface area (Å²) in [6.45, 7) is 3.63. The van der Waals surface area contributed by atoms with Crippen molar-refractivity contribution in [1.29, 1.82) is 0 Å². The zero-order valence-corrected chi connectivity index (χ0v) is 30.7. The van der Waals surface area contributed by atoms with E-state index in [4.69, 9.17) is 24.3 Å². The molecule has 2 atom stereocenters. The van der Waals surface area contributed by atoms with E-state index in [1.165, 1.54) is 64.2 Å². The molecule has 0 rings (SSSR count). The molecule has 0 saturated carbocycles. The van der Waals surface area contributed by atoms with Gasteiger partial charge in [-0.15, -0.1) is 0 Å². The van der Waals surface area contributed by atoms with Crippen molar-refractivity contribution in [2.24, 2.45) is 5.73 Å². The van der Waals surface area contributed by atoms with Crippen molar-refractivity contribution in [2.45, 2.75) is 161 Å². The summed E-state index contributed by atoms with van der Waals surface area (Å²) in [5.74, 6) is -0.859. The second-order valence-electron chi connectivity index (χ2n) is 12.1. The van der Waals surface area contributed by atoms with E-state index in [9.17, 15) is 19.0 Å². The van der Waals surface area contributed by atoms with E-state index in [0.717, 1.165) is 57.8 Å². The summed E-state index contributed by atoms with van der Waals surface area (Å²) in [5.41, 5.74) is 5.32. The van der Waals surface area contributed by atoms with Crippen LogP contribution in [0.25, 0.3) is 0 Å². The van der Waals surface area contributed by atoms with Crippen LogP contribution in [-0.4, -0.2) is 49.3 Å². The molecule has 9 nitrogen and oxygen atoms in total. The Hall–Kier alpha value is -1.77. The standard InChI is InChI=1S/C37H68NO8P/c1-3-5-7-9-11-13-14-15-16-17-18-19-20-22-24-26-28-30-37(40)46-35(34-45-47(41,42)44-32-31-38)33-43-36(39)29-27-25-23-21-12-10-8-6-4-2/h11,13,15-16,18-19,35H,3-10,12,14,17,20-34,38H2,1-2H3,(H,41,42)/b13-11+,16-15+,19-18+/t35-/m1/s1. The average Bonchev–Trinajstić information content (AvgIpc) is 3.05. The average molecular weight is 686 g/mol. The number of carbonyl (C=O) groups excluding carboxylic acids is 2. The molecule has 0 aliphatic carbocycles. The third kappa shape index (κ3) is 33.9. The fraction of sp³-hybridized carbons (Fsp3) is 0.784. The number of hydrogen-bond acceptors (Lipinski definition) is 8. The minimum absolute atomic E-state index is 0.0494. The third-order valence-electron chi connectivity index (χ3n) is 7.53. The van der Waals surface area contributed by atoms with Gasteiger partial charge in [0, 0.05) is 19.4 Å². The van der Waals surface area contributed by atoms with E-state index >= 15 is 0 Å². The van der Waals surface area contributed by atoms with Crippen LogP contribution >= 0.6 is 7.82 Å². The minimum Gasteiger partial charge on any atom is -0.462 e. The third-order valence-corrected chi connectivity index (χ3v) is 8.51. The van der Waals surface area contributed by atoms with Crippen LogP contribution in [0.4, 0.5) is 0 Å². The molecule has 274 valence electrons. The number of allylic oxidation sites excluding steroid dienone is 6. The molecular weight excluding hydrogens is 617 g/mol. The van der Waals surface area contributed by atoms with Gasteiger partial charge in [-0.25, -0.2) is 4.57 Å². The predicted molar refractivity (Wildman–Crippen MR) is 192 cm³/mol. The number of esters is 2. The lowest BCUT2D eigenvalue weighted by Gasteiger charge is -2.19.